The average Bonchev–Trinajstić information content (AvgIpc) is 3.10. The summed E-state index contributed by atoms with van der Waals surface area (Å²) in [5.74, 6) is -3.08. The van der Waals surface area contributed by atoms with Crippen LogP contribution in [0.5, 0.6) is 5.75 Å². The highest BCUT2D eigenvalue weighted by molar-refractivity contribution is 8.00. The molecule has 0 spiro atoms. The number of benzene rings is 2. The van der Waals surface area contributed by atoms with Gasteiger partial charge in [0.25, 0.3) is 23.4 Å². The Morgan fingerprint density at radius 3 is 2.42 bits per heavy atom. The second-order valence-electron chi connectivity index (χ2n) is 8.49. The number of fused-ring (bicyclic) bond motifs is 2. The Kier molecular flexibility index (Phi) is 5.55. The van der Waals surface area contributed by atoms with Gasteiger partial charge in [-0.1, -0.05) is 18.2 Å². The minimum absolute atomic E-state index is 0.152. The minimum atomic E-state index is -1.29. The molecule has 3 amide bonds. The Hall–Kier alpha value is -4.19. The normalized spacial score (nSPS) is 22.8. The van der Waals surface area contributed by atoms with Gasteiger partial charge in [-0.2, -0.15) is 0 Å². The minimum Gasteiger partial charge on any atom is -0.497 e. The standard InChI is InChI=1S/C24H19N3O8S/c1-11-16(10-12-6-8-13(35-2)9-7-12)36-23-19(22(30)26(23)18(11)24(31)32)25-20(28)14-4-3-5-15(27(33)34)17(14)21(25)29/h3-9,16,19,23H,10H2,1-2H3,(H,31,32)/t16?,19?,23-/m1/s1. The Bertz CT molecular complexity index is 1390. The second-order valence-corrected chi connectivity index (χ2v) is 9.82. The summed E-state index contributed by atoms with van der Waals surface area (Å²) < 4.78 is 5.17. The van der Waals surface area contributed by atoms with Crippen molar-refractivity contribution in [3.63, 3.8) is 0 Å². The molecule has 0 aromatic heterocycles. The van der Waals surface area contributed by atoms with Crippen molar-refractivity contribution in [2.45, 2.75) is 30.0 Å². The lowest BCUT2D eigenvalue weighted by Gasteiger charge is -2.53. The van der Waals surface area contributed by atoms with E-state index in [2.05, 4.69) is 0 Å². The van der Waals surface area contributed by atoms with Crippen molar-refractivity contribution in [2.75, 3.05) is 7.11 Å². The SMILES string of the molecule is COc1ccc(CC2S[C@@H]3C(N4C(=O)c5cccc([N+](=O)[O-])c5C4=O)C(=O)N3C(C(=O)O)=C2C)cc1. The molecular weight excluding hydrogens is 490 g/mol. The Labute approximate surface area is 208 Å². The third kappa shape index (κ3) is 3.36. The van der Waals surface area contributed by atoms with Gasteiger partial charge >= 0.3 is 5.97 Å². The van der Waals surface area contributed by atoms with E-state index in [9.17, 15) is 34.4 Å². The van der Waals surface area contributed by atoms with Gasteiger partial charge in [0.2, 0.25) is 0 Å². The number of carboxylic acid groups (broad SMARTS) is 1. The first-order chi connectivity index (χ1) is 17.1. The molecule has 3 aliphatic heterocycles. The molecule has 12 heteroatoms. The van der Waals surface area contributed by atoms with E-state index in [-0.39, 0.29) is 22.1 Å². The van der Waals surface area contributed by atoms with Crippen LogP contribution in [0, 0.1) is 10.1 Å². The summed E-state index contributed by atoms with van der Waals surface area (Å²) in [6.45, 7) is 1.65. The van der Waals surface area contributed by atoms with E-state index < -0.39 is 45.7 Å². The third-order valence-electron chi connectivity index (χ3n) is 6.60. The number of nitrogens with zero attached hydrogens (tertiary/aromatic N) is 3. The van der Waals surface area contributed by atoms with E-state index in [4.69, 9.17) is 4.74 Å². The number of hydrogen-bond acceptors (Lipinski definition) is 8. The van der Waals surface area contributed by atoms with Crippen molar-refractivity contribution in [3.8, 4) is 5.75 Å². The summed E-state index contributed by atoms with van der Waals surface area (Å²) in [6, 6.07) is 9.73. The maximum Gasteiger partial charge on any atom is 0.352 e. The summed E-state index contributed by atoms with van der Waals surface area (Å²) in [4.78, 5) is 64.1. The van der Waals surface area contributed by atoms with Gasteiger partial charge in [0.1, 0.15) is 28.4 Å². The van der Waals surface area contributed by atoms with Crippen LogP contribution in [-0.4, -0.2) is 67.3 Å². The first kappa shape index (κ1) is 23.5. The maximum absolute atomic E-state index is 13.2. The molecule has 0 bridgehead atoms. The molecule has 3 heterocycles. The predicted molar refractivity (Wildman–Crippen MR) is 126 cm³/mol. The fourth-order valence-electron chi connectivity index (χ4n) is 4.81. The summed E-state index contributed by atoms with van der Waals surface area (Å²) >= 11 is 1.28. The van der Waals surface area contributed by atoms with Crippen LogP contribution in [0.2, 0.25) is 0 Å². The van der Waals surface area contributed by atoms with Crippen LogP contribution in [0.25, 0.3) is 0 Å². The lowest BCUT2D eigenvalue weighted by Crippen LogP contribution is -2.72. The van der Waals surface area contributed by atoms with Crippen molar-refractivity contribution in [3.05, 3.63) is 80.5 Å². The van der Waals surface area contributed by atoms with E-state index in [0.717, 1.165) is 21.4 Å². The zero-order valence-electron chi connectivity index (χ0n) is 19.0. The predicted octanol–water partition coefficient (Wildman–Crippen LogP) is 2.45. The number of nitro benzene ring substituents is 1. The maximum atomic E-state index is 13.2. The third-order valence-corrected chi connectivity index (χ3v) is 8.19. The van der Waals surface area contributed by atoms with Crippen LogP contribution >= 0.6 is 11.8 Å². The van der Waals surface area contributed by atoms with Gasteiger partial charge in [0.15, 0.2) is 0 Å². The highest BCUT2D eigenvalue weighted by Crippen LogP contribution is 2.48. The molecule has 36 heavy (non-hydrogen) atoms. The molecule has 2 aromatic carbocycles. The monoisotopic (exact) mass is 509 g/mol. The number of carbonyl (C=O) groups is 4. The zero-order chi connectivity index (χ0) is 25.9. The Balaban J connectivity index is 1.49. The number of imide groups is 1. The lowest BCUT2D eigenvalue weighted by atomic mass is 9.97. The number of hydrogen-bond donors (Lipinski definition) is 1. The van der Waals surface area contributed by atoms with Crippen molar-refractivity contribution in [1.29, 1.82) is 0 Å². The van der Waals surface area contributed by atoms with Crippen molar-refractivity contribution >= 4 is 41.1 Å². The number of methoxy groups -OCH3 is 1. The first-order valence-electron chi connectivity index (χ1n) is 10.9. The van der Waals surface area contributed by atoms with Crippen LogP contribution in [0.15, 0.2) is 53.7 Å². The van der Waals surface area contributed by atoms with E-state index >= 15 is 0 Å². The molecule has 11 nitrogen and oxygen atoms in total. The molecule has 184 valence electrons. The molecule has 0 aliphatic carbocycles. The molecule has 1 N–H and O–H groups in total. The Morgan fingerprint density at radius 2 is 1.81 bits per heavy atom. The number of thioether (sulfide) groups is 1. The van der Waals surface area contributed by atoms with Crippen LogP contribution in [-0.2, 0) is 16.0 Å². The van der Waals surface area contributed by atoms with E-state index in [1.54, 1.807) is 26.2 Å². The van der Waals surface area contributed by atoms with Gasteiger partial charge in [-0.25, -0.2) is 4.79 Å². The molecule has 0 radical (unpaired) electrons. The van der Waals surface area contributed by atoms with Crippen LogP contribution in [0.3, 0.4) is 0 Å². The van der Waals surface area contributed by atoms with E-state index in [0.29, 0.717) is 17.7 Å². The summed E-state index contributed by atoms with van der Waals surface area (Å²) in [5.41, 5.74) is 0.184. The van der Waals surface area contributed by atoms with Crippen LogP contribution in [0.1, 0.15) is 33.2 Å². The van der Waals surface area contributed by atoms with Crippen molar-refractivity contribution < 1.29 is 33.9 Å². The molecule has 2 unspecified atom stereocenters. The van der Waals surface area contributed by atoms with Gasteiger partial charge in [-0.15, -0.1) is 11.8 Å². The molecule has 1 fully saturated rings. The lowest BCUT2D eigenvalue weighted by molar-refractivity contribution is -0.385. The fraction of sp³-hybridized carbons (Fsp3) is 0.250. The molecule has 0 saturated carbocycles. The molecule has 1 saturated heterocycles. The number of amides is 3. The first-order valence-corrected chi connectivity index (χ1v) is 11.8. The van der Waals surface area contributed by atoms with Gasteiger partial charge < -0.3 is 9.84 Å². The average molecular weight is 509 g/mol. The summed E-state index contributed by atoms with van der Waals surface area (Å²) in [5, 5.41) is 20.1. The molecule has 3 atom stereocenters. The molecular formula is C24H19N3O8S. The largest absolute Gasteiger partial charge is 0.497 e. The number of carbonyl (C=O) groups excluding carboxylic acids is 3. The number of aliphatic carboxylic acids is 1. The summed E-state index contributed by atoms with van der Waals surface area (Å²) in [7, 11) is 1.55. The molecule has 2 aromatic rings. The molecule has 3 aliphatic rings. The van der Waals surface area contributed by atoms with Gasteiger partial charge in [0.05, 0.1) is 17.6 Å². The number of ether oxygens (including phenoxy) is 1. The highest BCUT2D eigenvalue weighted by Gasteiger charge is 2.61. The van der Waals surface area contributed by atoms with E-state index in [1.807, 2.05) is 12.1 Å². The van der Waals surface area contributed by atoms with Gasteiger partial charge in [-0.3, -0.25) is 34.3 Å². The number of carboxylic acids is 1. The zero-order valence-corrected chi connectivity index (χ0v) is 19.9. The summed E-state index contributed by atoms with van der Waals surface area (Å²) in [6.07, 6.45) is 0.441. The number of β-lactam (4-membered cyclic amide) rings is 1. The van der Waals surface area contributed by atoms with Crippen molar-refractivity contribution in [1.82, 2.24) is 9.80 Å². The fourth-order valence-corrected chi connectivity index (χ4v) is 6.47. The van der Waals surface area contributed by atoms with Gasteiger partial charge in [-0.05, 0) is 42.7 Å². The number of nitro groups is 1. The number of rotatable bonds is 6. The van der Waals surface area contributed by atoms with E-state index in [1.165, 1.54) is 23.9 Å². The van der Waals surface area contributed by atoms with Crippen molar-refractivity contribution in [2.24, 2.45) is 0 Å². The topological polar surface area (TPSA) is 147 Å². The van der Waals surface area contributed by atoms with Crippen LogP contribution < -0.4 is 4.74 Å². The highest BCUT2D eigenvalue weighted by atomic mass is 32.2. The molecule has 5 rings (SSSR count). The van der Waals surface area contributed by atoms with Gasteiger partial charge in [0, 0.05) is 11.3 Å². The second kappa shape index (κ2) is 8.48. The smallest absolute Gasteiger partial charge is 0.352 e. The quantitative estimate of drug-likeness (QED) is 0.268. The Morgan fingerprint density at radius 1 is 1.11 bits per heavy atom. The van der Waals surface area contributed by atoms with Crippen LogP contribution in [0.4, 0.5) is 5.69 Å².